The van der Waals surface area contributed by atoms with Crippen molar-refractivity contribution in [3.8, 4) is 0 Å². The lowest BCUT2D eigenvalue weighted by Crippen LogP contribution is -2.41. The number of carbonyl (C=O) groups is 4. The van der Waals surface area contributed by atoms with Gasteiger partial charge in [0.15, 0.2) is 0 Å². The number of benzene rings is 1. The first-order valence-corrected chi connectivity index (χ1v) is 9.20. The van der Waals surface area contributed by atoms with E-state index in [1.807, 2.05) is 32.0 Å². The third-order valence-electron chi connectivity index (χ3n) is 4.29. The first-order chi connectivity index (χ1) is 13.4. The Morgan fingerprint density at radius 3 is 2.21 bits per heavy atom. The van der Waals surface area contributed by atoms with Crippen LogP contribution in [0.25, 0.3) is 0 Å². The maximum Gasteiger partial charge on any atom is 0.330 e. The molecule has 0 heterocycles. The molecular weight excluding hydrogens is 374 g/mol. The molecule has 0 aliphatic heterocycles. The normalized spacial score (nSPS) is 11.6. The Labute approximate surface area is 170 Å². The van der Waals surface area contributed by atoms with Crippen molar-refractivity contribution in [3.63, 3.8) is 0 Å². The summed E-state index contributed by atoms with van der Waals surface area (Å²) in [5.41, 5.74) is 6.27. The second-order valence-corrected chi connectivity index (χ2v) is 7.79. The smallest absolute Gasteiger partial charge is 0.326 e. The van der Waals surface area contributed by atoms with Gasteiger partial charge >= 0.3 is 11.8 Å². The molecule has 0 bridgehead atoms. The largest absolute Gasteiger partial charge is 0.330 e. The Balaban J connectivity index is 2.80. The Hall–Kier alpha value is -3.07. The zero-order chi connectivity index (χ0) is 22.2. The summed E-state index contributed by atoms with van der Waals surface area (Å²) >= 11 is 0. The van der Waals surface area contributed by atoms with Crippen LogP contribution in [0.4, 0.5) is 5.69 Å². The third kappa shape index (κ3) is 8.22. The number of hydrogen-bond acceptors (Lipinski definition) is 6. The molecule has 9 heteroatoms. The summed E-state index contributed by atoms with van der Waals surface area (Å²) < 4.78 is 0. The maximum absolute atomic E-state index is 12.3. The van der Waals surface area contributed by atoms with E-state index in [0.717, 1.165) is 11.1 Å². The highest BCUT2D eigenvalue weighted by Gasteiger charge is 2.23. The van der Waals surface area contributed by atoms with Gasteiger partial charge in [-0.1, -0.05) is 26.8 Å². The van der Waals surface area contributed by atoms with Gasteiger partial charge in [0.25, 0.3) is 0 Å². The fourth-order valence-electron chi connectivity index (χ4n) is 2.18. The average Bonchev–Trinajstić information content (AvgIpc) is 2.64. The van der Waals surface area contributed by atoms with Gasteiger partial charge in [-0.2, -0.15) is 5.10 Å². The average molecular weight is 403 g/mol. The van der Waals surface area contributed by atoms with Crippen molar-refractivity contribution in [2.75, 3.05) is 5.32 Å². The lowest BCUT2D eigenvalue weighted by molar-refractivity contribution is -0.139. The number of hydrazine groups is 1. The van der Waals surface area contributed by atoms with Crippen molar-refractivity contribution in [1.29, 1.82) is 0 Å². The fraction of sp³-hybridized carbons (Fsp3) is 0.450. The minimum atomic E-state index is -1.07. The monoisotopic (exact) mass is 403 g/mol. The predicted molar refractivity (Wildman–Crippen MR) is 111 cm³/mol. The number of carbonyl (C=O) groups excluding carboxylic acids is 4. The Morgan fingerprint density at radius 2 is 1.66 bits per heavy atom. The van der Waals surface area contributed by atoms with Crippen molar-refractivity contribution in [2.45, 2.75) is 53.9 Å². The van der Waals surface area contributed by atoms with E-state index in [2.05, 4.69) is 15.8 Å². The van der Waals surface area contributed by atoms with Crippen LogP contribution in [-0.2, 0) is 19.2 Å². The van der Waals surface area contributed by atoms with Crippen LogP contribution < -0.4 is 22.0 Å². The van der Waals surface area contributed by atoms with Crippen LogP contribution in [0.5, 0.6) is 0 Å². The van der Waals surface area contributed by atoms with Crippen molar-refractivity contribution in [3.05, 3.63) is 29.3 Å². The van der Waals surface area contributed by atoms with Gasteiger partial charge in [0, 0.05) is 29.7 Å². The molecule has 1 aromatic rings. The molecule has 0 aliphatic carbocycles. The molecule has 1 aromatic carbocycles. The van der Waals surface area contributed by atoms with Gasteiger partial charge in [-0.25, -0.2) is 11.3 Å². The SMILES string of the molecule is Cc1ccc(NC(=O)CC/C(CC(=O)C(C)(C)C)=N/NC(=O)C(=O)NN)cc1C. The fourth-order valence-corrected chi connectivity index (χ4v) is 2.18. The Bertz CT molecular complexity index is 825. The van der Waals surface area contributed by atoms with Crippen LogP contribution >= 0.6 is 0 Å². The summed E-state index contributed by atoms with van der Waals surface area (Å²) in [5.74, 6) is 2.40. The molecular formula is C20H29N5O4. The lowest BCUT2D eigenvalue weighted by Gasteiger charge is -2.17. The number of hydrogen-bond donors (Lipinski definition) is 4. The molecule has 0 aromatic heterocycles. The predicted octanol–water partition coefficient (Wildman–Crippen LogP) is 1.49. The standard InChI is InChI=1S/C20H29N5O4/c1-12-6-7-14(10-13(12)2)22-17(27)9-8-15(11-16(26)20(3,4)5)24-25-19(29)18(28)23-21/h6-7,10H,8-9,11,21H2,1-5H3,(H,22,27)(H,23,28)(H,25,29)/b24-15-. The van der Waals surface area contributed by atoms with Crippen LogP contribution in [0.3, 0.4) is 0 Å². The second kappa shape index (κ2) is 10.5. The molecule has 29 heavy (non-hydrogen) atoms. The van der Waals surface area contributed by atoms with Crippen molar-refractivity contribution in [1.82, 2.24) is 10.9 Å². The highest BCUT2D eigenvalue weighted by atomic mass is 16.2. The molecule has 0 fully saturated rings. The van der Waals surface area contributed by atoms with E-state index in [1.54, 1.807) is 26.2 Å². The van der Waals surface area contributed by atoms with Gasteiger partial charge in [-0.05, 0) is 43.5 Å². The number of anilines is 1. The maximum atomic E-state index is 12.3. The van der Waals surface area contributed by atoms with Gasteiger partial charge in [0.2, 0.25) is 5.91 Å². The molecule has 3 amide bonds. The molecule has 0 radical (unpaired) electrons. The molecule has 0 aliphatic rings. The summed E-state index contributed by atoms with van der Waals surface area (Å²) in [4.78, 5) is 47.3. The lowest BCUT2D eigenvalue weighted by atomic mass is 9.87. The first kappa shape index (κ1) is 24.0. The van der Waals surface area contributed by atoms with Crippen molar-refractivity contribution < 1.29 is 19.2 Å². The van der Waals surface area contributed by atoms with Gasteiger partial charge in [0.05, 0.1) is 0 Å². The highest BCUT2D eigenvalue weighted by molar-refractivity contribution is 6.34. The molecule has 0 unspecified atom stereocenters. The van der Waals surface area contributed by atoms with Gasteiger partial charge in [0.1, 0.15) is 5.78 Å². The van der Waals surface area contributed by atoms with Crippen molar-refractivity contribution >= 4 is 34.9 Å². The number of nitrogens with two attached hydrogens (primary N) is 1. The highest BCUT2D eigenvalue weighted by Crippen LogP contribution is 2.18. The number of Topliss-reactive ketones (excluding diaryl/α,β-unsaturated/α-hetero) is 1. The molecule has 0 atom stereocenters. The number of rotatable bonds is 7. The topological polar surface area (TPSA) is 143 Å². The molecule has 5 N–H and O–H groups in total. The summed E-state index contributed by atoms with van der Waals surface area (Å²) in [6, 6.07) is 5.60. The molecule has 0 saturated heterocycles. The van der Waals surface area contributed by atoms with Gasteiger partial charge in [-0.3, -0.25) is 24.6 Å². The summed E-state index contributed by atoms with van der Waals surface area (Å²) in [6.45, 7) is 9.22. The summed E-state index contributed by atoms with van der Waals surface area (Å²) in [5, 5.41) is 6.65. The number of aryl methyl sites for hydroxylation is 2. The van der Waals surface area contributed by atoms with E-state index in [4.69, 9.17) is 5.84 Å². The zero-order valence-electron chi connectivity index (χ0n) is 17.5. The molecule has 9 nitrogen and oxygen atoms in total. The second-order valence-electron chi connectivity index (χ2n) is 7.79. The van der Waals surface area contributed by atoms with E-state index < -0.39 is 17.2 Å². The molecule has 0 saturated carbocycles. The first-order valence-electron chi connectivity index (χ1n) is 9.20. The van der Waals surface area contributed by atoms with Crippen LogP contribution in [-0.4, -0.2) is 29.2 Å². The van der Waals surface area contributed by atoms with Gasteiger partial charge in [-0.15, -0.1) is 0 Å². The van der Waals surface area contributed by atoms with E-state index in [1.165, 1.54) is 0 Å². The Morgan fingerprint density at radius 1 is 1.00 bits per heavy atom. The van der Waals surface area contributed by atoms with Crippen LogP contribution in [0.15, 0.2) is 23.3 Å². The minimum Gasteiger partial charge on any atom is -0.326 e. The summed E-state index contributed by atoms with van der Waals surface area (Å²) in [7, 11) is 0. The molecule has 158 valence electrons. The quantitative estimate of drug-likeness (QED) is 0.179. The zero-order valence-corrected chi connectivity index (χ0v) is 17.5. The Kier molecular flexibility index (Phi) is 8.65. The number of hydrazone groups is 1. The van der Waals surface area contributed by atoms with E-state index in [-0.39, 0.29) is 31.0 Å². The van der Waals surface area contributed by atoms with E-state index in [9.17, 15) is 19.2 Å². The minimum absolute atomic E-state index is 0.0507. The number of nitrogens with zero attached hydrogens (tertiary/aromatic N) is 1. The van der Waals surface area contributed by atoms with Crippen molar-refractivity contribution in [2.24, 2.45) is 16.4 Å². The van der Waals surface area contributed by atoms with Crippen LogP contribution in [0, 0.1) is 19.3 Å². The van der Waals surface area contributed by atoms with Gasteiger partial charge < -0.3 is 5.32 Å². The molecule has 1 rings (SSSR count). The summed E-state index contributed by atoms with van der Waals surface area (Å²) in [6.07, 6.45) is 0.149. The van der Waals surface area contributed by atoms with E-state index >= 15 is 0 Å². The number of ketones is 1. The number of nitrogens with one attached hydrogen (secondary N) is 3. The third-order valence-corrected chi connectivity index (χ3v) is 4.29. The number of amides is 3. The van der Waals surface area contributed by atoms with Crippen LogP contribution in [0.1, 0.15) is 51.2 Å². The molecule has 0 spiro atoms. The van der Waals surface area contributed by atoms with Crippen LogP contribution in [0.2, 0.25) is 0 Å². The van der Waals surface area contributed by atoms with E-state index in [0.29, 0.717) is 11.4 Å².